The Morgan fingerprint density at radius 2 is 1.94 bits per heavy atom. The molecule has 88 valence electrons. The minimum Gasteiger partial charge on any atom is -0.389 e. The average molecular weight is 287 g/mol. The molecular formula is C11H15BrN2O2. The van der Waals surface area contributed by atoms with E-state index in [1.165, 1.54) is 0 Å². The van der Waals surface area contributed by atoms with Gasteiger partial charge in [-0.25, -0.2) is 0 Å². The van der Waals surface area contributed by atoms with Crippen LogP contribution in [0.3, 0.4) is 0 Å². The highest BCUT2D eigenvalue weighted by Gasteiger charge is 2.30. The molecule has 1 aromatic carbocycles. The molecule has 2 atom stereocenters. The molecule has 1 saturated heterocycles. The number of β-amino-alcohol motifs (C(OH)–C–C–N with tert-alkyl or cyclic N) is 2. The van der Waals surface area contributed by atoms with E-state index in [4.69, 9.17) is 5.73 Å². The molecule has 16 heavy (non-hydrogen) atoms. The molecule has 1 fully saturated rings. The molecule has 0 radical (unpaired) electrons. The first kappa shape index (κ1) is 11.9. The summed E-state index contributed by atoms with van der Waals surface area (Å²) in [6, 6.07) is 5.88. The van der Waals surface area contributed by atoms with Crippen molar-refractivity contribution in [2.24, 2.45) is 5.73 Å². The van der Waals surface area contributed by atoms with E-state index in [-0.39, 0.29) is 0 Å². The average Bonchev–Trinajstić information content (AvgIpc) is 2.58. The van der Waals surface area contributed by atoms with Crippen LogP contribution in [-0.2, 0) is 6.54 Å². The van der Waals surface area contributed by atoms with Crippen molar-refractivity contribution in [3.05, 3.63) is 28.2 Å². The Labute approximate surface area is 103 Å². The standard InChI is InChI=1S/C11H15BrN2O2/c12-8-3-7(4-13)1-2-9(8)14-5-10(15)11(16)6-14/h1-3,10-11,15-16H,4-6,13H2. The SMILES string of the molecule is NCc1ccc(N2CC(O)C(O)C2)c(Br)c1. The molecular weight excluding hydrogens is 272 g/mol. The van der Waals surface area contributed by atoms with E-state index in [1.54, 1.807) is 0 Å². The van der Waals surface area contributed by atoms with E-state index in [0.29, 0.717) is 19.6 Å². The second-order valence-corrected chi connectivity index (χ2v) is 4.88. The third kappa shape index (κ3) is 2.22. The minimum absolute atomic E-state index is 0.460. The number of benzene rings is 1. The Kier molecular flexibility index (Phi) is 3.49. The normalized spacial score (nSPS) is 25.1. The van der Waals surface area contributed by atoms with Crippen molar-refractivity contribution in [3.63, 3.8) is 0 Å². The van der Waals surface area contributed by atoms with Crippen LogP contribution in [0.2, 0.25) is 0 Å². The number of aliphatic hydroxyl groups excluding tert-OH is 2. The van der Waals surface area contributed by atoms with Gasteiger partial charge in [0.15, 0.2) is 0 Å². The van der Waals surface area contributed by atoms with Gasteiger partial charge in [0.25, 0.3) is 0 Å². The van der Waals surface area contributed by atoms with Crippen molar-refractivity contribution in [1.29, 1.82) is 0 Å². The lowest BCUT2D eigenvalue weighted by Crippen LogP contribution is -2.22. The van der Waals surface area contributed by atoms with Gasteiger partial charge < -0.3 is 20.8 Å². The van der Waals surface area contributed by atoms with Gasteiger partial charge in [0.05, 0.1) is 17.9 Å². The number of anilines is 1. The summed E-state index contributed by atoms with van der Waals surface area (Å²) in [4.78, 5) is 1.96. The highest BCUT2D eigenvalue weighted by Crippen LogP contribution is 2.30. The summed E-state index contributed by atoms with van der Waals surface area (Å²) < 4.78 is 0.941. The molecule has 0 amide bonds. The van der Waals surface area contributed by atoms with E-state index >= 15 is 0 Å². The molecule has 2 rings (SSSR count). The summed E-state index contributed by atoms with van der Waals surface area (Å²) in [6.45, 7) is 1.42. The third-order valence-corrected chi connectivity index (χ3v) is 3.48. The van der Waals surface area contributed by atoms with Crippen molar-refractivity contribution >= 4 is 21.6 Å². The fraction of sp³-hybridized carbons (Fsp3) is 0.455. The van der Waals surface area contributed by atoms with Gasteiger partial charge in [-0.1, -0.05) is 6.07 Å². The molecule has 1 aliphatic rings. The van der Waals surface area contributed by atoms with Crippen LogP contribution in [0.25, 0.3) is 0 Å². The molecule has 5 heteroatoms. The Bertz CT molecular complexity index is 376. The molecule has 1 aromatic rings. The summed E-state index contributed by atoms with van der Waals surface area (Å²) in [7, 11) is 0. The lowest BCUT2D eigenvalue weighted by Gasteiger charge is -2.19. The molecule has 0 aromatic heterocycles. The zero-order valence-electron chi connectivity index (χ0n) is 8.81. The van der Waals surface area contributed by atoms with Gasteiger partial charge in [-0.2, -0.15) is 0 Å². The lowest BCUT2D eigenvalue weighted by atomic mass is 10.2. The minimum atomic E-state index is -0.666. The molecule has 4 nitrogen and oxygen atoms in total. The van der Waals surface area contributed by atoms with E-state index in [0.717, 1.165) is 15.7 Å². The Balaban J connectivity index is 2.22. The quantitative estimate of drug-likeness (QED) is 0.738. The summed E-state index contributed by atoms with van der Waals surface area (Å²) in [6.07, 6.45) is -1.33. The predicted octanol–water partition coefficient (Wildman–Crippen LogP) is 0.450. The number of hydrogen-bond acceptors (Lipinski definition) is 4. The number of aliphatic hydroxyl groups is 2. The highest BCUT2D eigenvalue weighted by atomic mass is 79.9. The van der Waals surface area contributed by atoms with Gasteiger partial charge in [0, 0.05) is 24.1 Å². The zero-order chi connectivity index (χ0) is 11.7. The number of halogens is 1. The van der Waals surface area contributed by atoms with Crippen LogP contribution in [0.4, 0.5) is 5.69 Å². The Hall–Kier alpha value is -0.620. The van der Waals surface area contributed by atoms with E-state index in [1.807, 2.05) is 23.1 Å². The molecule has 0 saturated carbocycles. The molecule has 1 heterocycles. The van der Waals surface area contributed by atoms with E-state index in [9.17, 15) is 10.2 Å². The third-order valence-electron chi connectivity index (χ3n) is 2.85. The first-order valence-electron chi connectivity index (χ1n) is 5.21. The maximum Gasteiger partial charge on any atom is 0.0990 e. The van der Waals surface area contributed by atoms with Crippen molar-refractivity contribution in [3.8, 4) is 0 Å². The van der Waals surface area contributed by atoms with Gasteiger partial charge >= 0.3 is 0 Å². The van der Waals surface area contributed by atoms with Crippen molar-refractivity contribution in [1.82, 2.24) is 0 Å². The van der Waals surface area contributed by atoms with E-state index < -0.39 is 12.2 Å². The fourth-order valence-corrected chi connectivity index (χ4v) is 2.58. The maximum atomic E-state index is 9.49. The van der Waals surface area contributed by atoms with Crippen LogP contribution in [-0.4, -0.2) is 35.5 Å². The van der Waals surface area contributed by atoms with Gasteiger partial charge in [-0.05, 0) is 33.6 Å². The maximum absolute atomic E-state index is 9.49. The predicted molar refractivity (Wildman–Crippen MR) is 66.3 cm³/mol. The van der Waals surface area contributed by atoms with Gasteiger partial charge in [0.2, 0.25) is 0 Å². The second kappa shape index (κ2) is 4.71. The van der Waals surface area contributed by atoms with Crippen molar-refractivity contribution in [2.45, 2.75) is 18.8 Å². The van der Waals surface area contributed by atoms with Crippen molar-refractivity contribution in [2.75, 3.05) is 18.0 Å². The first-order valence-corrected chi connectivity index (χ1v) is 6.00. The van der Waals surface area contributed by atoms with Gasteiger partial charge in [0.1, 0.15) is 0 Å². The number of hydrogen-bond donors (Lipinski definition) is 3. The van der Waals surface area contributed by atoms with Crippen LogP contribution < -0.4 is 10.6 Å². The lowest BCUT2D eigenvalue weighted by molar-refractivity contribution is 0.0572. The molecule has 1 aliphatic heterocycles. The van der Waals surface area contributed by atoms with Crippen LogP contribution >= 0.6 is 15.9 Å². The summed E-state index contributed by atoms with van der Waals surface area (Å²) in [5, 5.41) is 19.0. The first-order chi connectivity index (χ1) is 7.61. The summed E-state index contributed by atoms with van der Waals surface area (Å²) in [5.74, 6) is 0. The second-order valence-electron chi connectivity index (χ2n) is 4.03. The monoisotopic (exact) mass is 286 g/mol. The Morgan fingerprint density at radius 3 is 2.44 bits per heavy atom. The van der Waals surface area contributed by atoms with Gasteiger partial charge in [-0.3, -0.25) is 0 Å². The Morgan fingerprint density at radius 1 is 1.31 bits per heavy atom. The molecule has 0 aliphatic carbocycles. The number of nitrogens with two attached hydrogens (primary N) is 1. The van der Waals surface area contributed by atoms with Gasteiger partial charge in [-0.15, -0.1) is 0 Å². The topological polar surface area (TPSA) is 69.7 Å². The summed E-state index contributed by atoms with van der Waals surface area (Å²) >= 11 is 3.48. The van der Waals surface area contributed by atoms with Crippen LogP contribution in [0.5, 0.6) is 0 Å². The molecule has 0 spiro atoms. The zero-order valence-corrected chi connectivity index (χ0v) is 10.4. The largest absolute Gasteiger partial charge is 0.389 e. The molecule has 2 unspecified atom stereocenters. The van der Waals surface area contributed by atoms with Crippen LogP contribution in [0.1, 0.15) is 5.56 Å². The fourth-order valence-electron chi connectivity index (χ4n) is 1.90. The van der Waals surface area contributed by atoms with Crippen molar-refractivity contribution < 1.29 is 10.2 Å². The molecule has 0 bridgehead atoms. The molecule has 4 N–H and O–H groups in total. The van der Waals surface area contributed by atoms with Crippen LogP contribution in [0.15, 0.2) is 22.7 Å². The smallest absolute Gasteiger partial charge is 0.0990 e. The number of nitrogens with zero attached hydrogens (tertiary/aromatic N) is 1. The van der Waals surface area contributed by atoms with Crippen LogP contribution in [0, 0.1) is 0 Å². The number of rotatable bonds is 2. The van der Waals surface area contributed by atoms with E-state index in [2.05, 4.69) is 15.9 Å². The summed E-state index contributed by atoms with van der Waals surface area (Å²) in [5.41, 5.74) is 7.58. The highest BCUT2D eigenvalue weighted by molar-refractivity contribution is 9.10.